The summed E-state index contributed by atoms with van der Waals surface area (Å²) in [6.45, 7) is 1.84. The lowest BCUT2D eigenvalue weighted by atomic mass is 10.0. The second kappa shape index (κ2) is 5.29. The van der Waals surface area contributed by atoms with Gasteiger partial charge >= 0.3 is 0 Å². The zero-order valence-electron chi connectivity index (χ0n) is 11.7. The zero-order chi connectivity index (χ0) is 14.8. The number of hydrogen-bond acceptors (Lipinski definition) is 2. The summed E-state index contributed by atoms with van der Waals surface area (Å²) < 4.78 is 0.685. The molecule has 0 bridgehead atoms. The van der Waals surface area contributed by atoms with Crippen molar-refractivity contribution in [3.05, 3.63) is 82.6 Å². The molecule has 0 spiro atoms. The highest BCUT2D eigenvalue weighted by Gasteiger charge is 2.07. The molecular weight excluding hydrogens is 262 g/mol. The Balaban J connectivity index is 2.04. The molecule has 3 aromatic rings. The Morgan fingerprint density at radius 1 is 0.810 bits per heavy atom. The normalized spacial score (nSPS) is 10.5. The van der Waals surface area contributed by atoms with Crippen LogP contribution in [0.5, 0.6) is 0 Å². The van der Waals surface area contributed by atoms with Gasteiger partial charge in [0.15, 0.2) is 0 Å². The van der Waals surface area contributed by atoms with E-state index in [-0.39, 0.29) is 0 Å². The van der Waals surface area contributed by atoms with Crippen LogP contribution in [0, 0.1) is 6.92 Å². The number of aryl methyl sites for hydroxylation is 1. The van der Waals surface area contributed by atoms with Crippen molar-refractivity contribution in [1.29, 1.82) is 0 Å². The highest BCUT2D eigenvalue weighted by Crippen LogP contribution is 2.24. The van der Waals surface area contributed by atoms with Gasteiger partial charge in [-0.05, 0) is 29.7 Å². The summed E-state index contributed by atoms with van der Waals surface area (Å²) in [6, 6.07) is 21.0. The molecule has 104 valence electrons. The number of aromatic nitrogens is 1. The Labute approximate surface area is 122 Å². The van der Waals surface area contributed by atoms with E-state index in [1.54, 1.807) is 6.07 Å². The van der Waals surface area contributed by atoms with Crippen LogP contribution >= 0.6 is 0 Å². The Morgan fingerprint density at radius 3 is 2.05 bits per heavy atom. The average molecular weight is 277 g/mol. The standard InChI is InChI=1S/C18H15NO2/c1-13-11-17(19(21)18(20)12-13)16-9-7-15(8-10-16)14-5-3-2-4-6-14/h2-12,21H,1H3. The van der Waals surface area contributed by atoms with Gasteiger partial charge in [-0.3, -0.25) is 4.79 Å². The second-order valence-electron chi connectivity index (χ2n) is 5.01. The number of pyridine rings is 1. The molecule has 1 N–H and O–H groups in total. The number of benzene rings is 2. The monoisotopic (exact) mass is 277 g/mol. The zero-order valence-corrected chi connectivity index (χ0v) is 11.7. The minimum absolute atomic E-state index is 0.419. The summed E-state index contributed by atoms with van der Waals surface area (Å²) in [5, 5.41) is 9.87. The first-order chi connectivity index (χ1) is 10.1. The van der Waals surface area contributed by atoms with Gasteiger partial charge in [0.05, 0.1) is 5.69 Å². The van der Waals surface area contributed by atoms with Crippen LogP contribution < -0.4 is 5.56 Å². The summed E-state index contributed by atoms with van der Waals surface area (Å²) in [4.78, 5) is 11.6. The highest BCUT2D eigenvalue weighted by atomic mass is 16.5. The molecule has 21 heavy (non-hydrogen) atoms. The van der Waals surface area contributed by atoms with Crippen LogP contribution in [0.3, 0.4) is 0 Å². The van der Waals surface area contributed by atoms with Crippen molar-refractivity contribution in [2.45, 2.75) is 6.92 Å². The van der Waals surface area contributed by atoms with E-state index in [0.717, 1.165) is 22.3 Å². The lowest BCUT2D eigenvalue weighted by molar-refractivity contribution is 0.179. The molecule has 0 aliphatic heterocycles. The van der Waals surface area contributed by atoms with Crippen molar-refractivity contribution >= 4 is 0 Å². The fraction of sp³-hybridized carbons (Fsp3) is 0.0556. The van der Waals surface area contributed by atoms with Crippen molar-refractivity contribution in [2.75, 3.05) is 0 Å². The van der Waals surface area contributed by atoms with Gasteiger partial charge in [0.1, 0.15) is 0 Å². The van der Waals surface area contributed by atoms with E-state index in [1.165, 1.54) is 6.07 Å². The van der Waals surface area contributed by atoms with Gasteiger partial charge in [-0.25, -0.2) is 0 Å². The predicted molar refractivity (Wildman–Crippen MR) is 83.5 cm³/mol. The maximum Gasteiger partial charge on any atom is 0.283 e. The molecule has 0 unspecified atom stereocenters. The minimum Gasteiger partial charge on any atom is -0.425 e. The molecule has 3 nitrogen and oxygen atoms in total. The Kier molecular flexibility index (Phi) is 3.32. The van der Waals surface area contributed by atoms with E-state index < -0.39 is 5.56 Å². The Hall–Kier alpha value is -2.81. The molecule has 1 heterocycles. The number of nitrogens with zero attached hydrogens (tertiary/aromatic N) is 1. The smallest absolute Gasteiger partial charge is 0.283 e. The van der Waals surface area contributed by atoms with E-state index in [0.29, 0.717) is 10.4 Å². The molecule has 0 radical (unpaired) electrons. The average Bonchev–Trinajstić information content (AvgIpc) is 2.52. The number of rotatable bonds is 2. The summed E-state index contributed by atoms with van der Waals surface area (Å²) in [5.74, 6) is 0. The van der Waals surface area contributed by atoms with Crippen LogP contribution in [0.1, 0.15) is 5.56 Å². The van der Waals surface area contributed by atoms with Gasteiger partial charge < -0.3 is 5.21 Å². The summed E-state index contributed by atoms with van der Waals surface area (Å²) in [5.41, 5.74) is 3.94. The van der Waals surface area contributed by atoms with E-state index in [2.05, 4.69) is 0 Å². The third-order valence-corrected chi connectivity index (χ3v) is 3.44. The van der Waals surface area contributed by atoms with Crippen molar-refractivity contribution in [3.8, 4) is 22.4 Å². The Bertz CT molecular complexity index is 818. The van der Waals surface area contributed by atoms with Crippen molar-refractivity contribution in [3.63, 3.8) is 0 Å². The molecule has 0 aliphatic carbocycles. The maximum absolute atomic E-state index is 11.6. The van der Waals surface area contributed by atoms with Crippen LogP contribution in [0.15, 0.2) is 71.5 Å². The summed E-state index contributed by atoms with van der Waals surface area (Å²) in [6.07, 6.45) is 0. The molecule has 0 saturated heterocycles. The lowest BCUT2D eigenvalue weighted by Crippen LogP contribution is -2.18. The third-order valence-electron chi connectivity index (χ3n) is 3.44. The molecule has 0 amide bonds. The van der Waals surface area contributed by atoms with Gasteiger partial charge in [0.2, 0.25) is 0 Å². The van der Waals surface area contributed by atoms with Crippen LogP contribution in [-0.4, -0.2) is 9.94 Å². The fourth-order valence-electron chi connectivity index (χ4n) is 2.36. The van der Waals surface area contributed by atoms with E-state index in [9.17, 15) is 10.0 Å². The van der Waals surface area contributed by atoms with Crippen LogP contribution in [-0.2, 0) is 0 Å². The largest absolute Gasteiger partial charge is 0.425 e. The fourth-order valence-corrected chi connectivity index (χ4v) is 2.36. The van der Waals surface area contributed by atoms with Gasteiger partial charge in [-0.2, -0.15) is 0 Å². The van der Waals surface area contributed by atoms with Crippen LogP contribution in [0.4, 0.5) is 0 Å². The predicted octanol–water partition coefficient (Wildman–Crippen LogP) is 3.73. The second-order valence-corrected chi connectivity index (χ2v) is 5.01. The molecule has 2 aromatic carbocycles. The Morgan fingerprint density at radius 2 is 1.38 bits per heavy atom. The highest BCUT2D eigenvalue weighted by molar-refractivity contribution is 5.69. The van der Waals surface area contributed by atoms with E-state index in [1.807, 2.05) is 61.5 Å². The van der Waals surface area contributed by atoms with Crippen molar-refractivity contribution in [1.82, 2.24) is 4.73 Å². The topological polar surface area (TPSA) is 42.2 Å². The first-order valence-corrected chi connectivity index (χ1v) is 6.74. The van der Waals surface area contributed by atoms with Gasteiger partial charge in [-0.15, -0.1) is 4.73 Å². The van der Waals surface area contributed by atoms with Crippen LogP contribution in [0.25, 0.3) is 22.4 Å². The first kappa shape index (κ1) is 13.2. The third kappa shape index (κ3) is 2.58. The lowest BCUT2D eigenvalue weighted by Gasteiger charge is -2.08. The first-order valence-electron chi connectivity index (χ1n) is 6.74. The van der Waals surface area contributed by atoms with Crippen molar-refractivity contribution < 1.29 is 5.21 Å². The molecular formula is C18H15NO2. The van der Waals surface area contributed by atoms with Gasteiger partial charge in [0.25, 0.3) is 5.56 Å². The van der Waals surface area contributed by atoms with Gasteiger partial charge in [-0.1, -0.05) is 54.6 Å². The molecule has 0 saturated carbocycles. The van der Waals surface area contributed by atoms with E-state index >= 15 is 0 Å². The SMILES string of the molecule is Cc1cc(-c2ccc(-c3ccccc3)cc2)n(O)c(=O)c1. The van der Waals surface area contributed by atoms with E-state index in [4.69, 9.17) is 0 Å². The molecule has 3 rings (SSSR count). The molecule has 0 fully saturated rings. The minimum atomic E-state index is -0.419. The van der Waals surface area contributed by atoms with Gasteiger partial charge in [0, 0.05) is 11.6 Å². The summed E-state index contributed by atoms with van der Waals surface area (Å²) >= 11 is 0. The van der Waals surface area contributed by atoms with Crippen molar-refractivity contribution in [2.24, 2.45) is 0 Å². The number of hydrogen-bond donors (Lipinski definition) is 1. The molecule has 0 aliphatic rings. The maximum atomic E-state index is 11.6. The van der Waals surface area contributed by atoms with Crippen LogP contribution in [0.2, 0.25) is 0 Å². The quantitative estimate of drug-likeness (QED) is 0.725. The summed E-state index contributed by atoms with van der Waals surface area (Å²) in [7, 11) is 0. The molecule has 1 aromatic heterocycles. The molecule has 0 atom stereocenters. The molecule has 3 heteroatoms.